The van der Waals surface area contributed by atoms with E-state index in [0.717, 1.165) is 0 Å². The average molecular weight is 323 g/mol. The molecule has 0 unspecified atom stereocenters. The number of nitrogens with one attached hydrogen (secondary N) is 2. The molecule has 2 aromatic rings. The van der Waals surface area contributed by atoms with Crippen molar-refractivity contribution >= 4 is 28.9 Å². The second kappa shape index (κ2) is 7.66. The third-order valence-electron chi connectivity index (χ3n) is 2.83. The number of carbonyl (C=O) groups excluding carboxylic acids is 1. The van der Waals surface area contributed by atoms with Crippen LogP contribution in [-0.4, -0.2) is 19.1 Å². The summed E-state index contributed by atoms with van der Waals surface area (Å²) in [4.78, 5) is 11.9. The molecule has 0 bridgehead atoms. The molecule has 2 N–H and O–H groups in total. The van der Waals surface area contributed by atoms with Crippen molar-refractivity contribution in [1.29, 1.82) is 0 Å². The molecule has 0 saturated heterocycles. The summed E-state index contributed by atoms with van der Waals surface area (Å²) in [6.45, 7) is 2.39. The highest BCUT2D eigenvalue weighted by Crippen LogP contribution is 2.23. The Kier molecular flexibility index (Phi) is 5.61. The molecule has 0 aliphatic rings. The molecule has 0 aromatic heterocycles. The van der Waals surface area contributed by atoms with Crippen LogP contribution in [0.2, 0.25) is 5.02 Å². The Labute approximate surface area is 133 Å². The summed E-state index contributed by atoms with van der Waals surface area (Å²) < 4.78 is 19.0. The number of hydrogen-bond donors (Lipinski definition) is 2. The van der Waals surface area contributed by atoms with E-state index >= 15 is 0 Å². The molecule has 4 nitrogen and oxygen atoms in total. The normalized spacial score (nSPS) is 10.1. The minimum absolute atomic E-state index is 0.0178. The summed E-state index contributed by atoms with van der Waals surface area (Å²) in [6, 6.07) is 11.3. The average Bonchev–Trinajstić information content (AvgIpc) is 2.50. The largest absolute Gasteiger partial charge is 0.492 e. The van der Waals surface area contributed by atoms with Crippen LogP contribution in [0.25, 0.3) is 0 Å². The first kappa shape index (κ1) is 16.1. The molecule has 0 fully saturated rings. The molecule has 0 radical (unpaired) electrons. The van der Waals surface area contributed by atoms with Gasteiger partial charge in [0.2, 0.25) is 5.91 Å². The van der Waals surface area contributed by atoms with Crippen LogP contribution in [0.5, 0.6) is 5.75 Å². The van der Waals surface area contributed by atoms with Crippen LogP contribution in [-0.2, 0) is 4.79 Å². The van der Waals surface area contributed by atoms with Crippen molar-refractivity contribution in [1.82, 2.24) is 0 Å². The summed E-state index contributed by atoms with van der Waals surface area (Å²) in [5.74, 6) is -0.258. The maximum atomic E-state index is 13.5. The monoisotopic (exact) mass is 322 g/mol. The maximum Gasteiger partial charge on any atom is 0.243 e. The van der Waals surface area contributed by atoms with E-state index < -0.39 is 5.82 Å². The zero-order chi connectivity index (χ0) is 15.9. The van der Waals surface area contributed by atoms with Gasteiger partial charge in [0.25, 0.3) is 0 Å². The first-order valence-electron chi connectivity index (χ1n) is 6.80. The first-order valence-corrected chi connectivity index (χ1v) is 7.18. The Hall–Kier alpha value is -2.27. The highest BCUT2D eigenvalue weighted by Gasteiger charge is 2.09. The number of rotatable bonds is 6. The van der Waals surface area contributed by atoms with E-state index in [1.54, 1.807) is 12.1 Å². The Balaban J connectivity index is 1.97. The standard InChI is InChI=1S/C16H16ClFN2O2/c1-2-22-15-6-4-3-5-13(15)19-10-16(21)20-14-9-11(17)7-8-12(14)18/h3-9,19H,2,10H2,1H3,(H,20,21). The minimum Gasteiger partial charge on any atom is -0.492 e. The van der Waals surface area contributed by atoms with Crippen molar-refractivity contribution < 1.29 is 13.9 Å². The minimum atomic E-state index is -0.535. The van der Waals surface area contributed by atoms with Gasteiger partial charge in [-0.15, -0.1) is 0 Å². The molecule has 116 valence electrons. The fourth-order valence-corrected chi connectivity index (χ4v) is 2.03. The van der Waals surface area contributed by atoms with E-state index in [-0.39, 0.29) is 18.1 Å². The molecule has 0 aliphatic heterocycles. The Morgan fingerprint density at radius 1 is 1.23 bits per heavy atom. The van der Waals surface area contributed by atoms with Gasteiger partial charge in [-0.2, -0.15) is 0 Å². The molecule has 22 heavy (non-hydrogen) atoms. The van der Waals surface area contributed by atoms with Crippen molar-refractivity contribution in [3.8, 4) is 5.75 Å². The fraction of sp³-hybridized carbons (Fsp3) is 0.188. The topological polar surface area (TPSA) is 50.4 Å². The maximum absolute atomic E-state index is 13.5. The fourth-order valence-electron chi connectivity index (χ4n) is 1.86. The smallest absolute Gasteiger partial charge is 0.243 e. The molecule has 1 amide bonds. The van der Waals surface area contributed by atoms with Gasteiger partial charge in [-0.3, -0.25) is 4.79 Å². The van der Waals surface area contributed by atoms with E-state index in [0.29, 0.717) is 23.1 Å². The summed E-state index contributed by atoms with van der Waals surface area (Å²) in [6.07, 6.45) is 0. The Morgan fingerprint density at radius 2 is 2.00 bits per heavy atom. The van der Waals surface area contributed by atoms with Gasteiger partial charge in [-0.1, -0.05) is 23.7 Å². The zero-order valence-electron chi connectivity index (χ0n) is 12.0. The van der Waals surface area contributed by atoms with Crippen molar-refractivity contribution in [2.75, 3.05) is 23.8 Å². The molecule has 0 aliphatic carbocycles. The van der Waals surface area contributed by atoms with E-state index in [4.69, 9.17) is 16.3 Å². The molecular formula is C16H16ClFN2O2. The van der Waals surface area contributed by atoms with E-state index in [1.165, 1.54) is 18.2 Å². The van der Waals surface area contributed by atoms with Crippen LogP contribution >= 0.6 is 11.6 Å². The third kappa shape index (κ3) is 4.36. The summed E-state index contributed by atoms with van der Waals surface area (Å²) in [5.41, 5.74) is 0.753. The number of halogens is 2. The van der Waals surface area contributed by atoms with Gasteiger partial charge in [0.15, 0.2) is 0 Å². The second-order valence-electron chi connectivity index (χ2n) is 4.46. The van der Waals surface area contributed by atoms with Crippen LogP contribution in [0, 0.1) is 5.82 Å². The number of anilines is 2. The van der Waals surface area contributed by atoms with Gasteiger partial charge in [-0.25, -0.2) is 4.39 Å². The Morgan fingerprint density at radius 3 is 2.77 bits per heavy atom. The van der Waals surface area contributed by atoms with Crippen LogP contribution in [0.1, 0.15) is 6.92 Å². The van der Waals surface area contributed by atoms with Gasteiger partial charge in [-0.05, 0) is 37.3 Å². The number of hydrogen-bond acceptors (Lipinski definition) is 3. The molecule has 6 heteroatoms. The number of carbonyl (C=O) groups is 1. The lowest BCUT2D eigenvalue weighted by Crippen LogP contribution is -2.22. The highest BCUT2D eigenvalue weighted by molar-refractivity contribution is 6.30. The van der Waals surface area contributed by atoms with Crippen molar-refractivity contribution in [3.63, 3.8) is 0 Å². The number of para-hydroxylation sites is 2. The lowest BCUT2D eigenvalue weighted by molar-refractivity contribution is -0.114. The van der Waals surface area contributed by atoms with Crippen LogP contribution < -0.4 is 15.4 Å². The predicted molar refractivity (Wildman–Crippen MR) is 86.1 cm³/mol. The van der Waals surface area contributed by atoms with E-state index in [2.05, 4.69) is 10.6 Å². The van der Waals surface area contributed by atoms with Crippen LogP contribution in [0.4, 0.5) is 15.8 Å². The van der Waals surface area contributed by atoms with Crippen molar-refractivity contribution in [2.24, 2.45) is 0 Å². The molecule has 0 spiro atoms. The molecule has 0 saturated carbocycles. The molecule has 0 atom stereocenters. The summed E-state index contributed by atoms with van der Waals surface area (Å²) >= 11 is 5.78. The number of benzene rings is 2. The van der Waals surface area contributed by atoms with Gasteiger partial charge in [0.1, 0.15) is 11.6 Å². The van der Waals surface area contributed by atoms with Crippen molar-refractivity contribution in [3.05, 3.63) is 53.3 Å². The van der Waals surface area contributed by atoms with Gasteiger partial charge in [0, 0.05) is 5.02 Å². The SMILES string of the molecule is CCOc1ccccc1NCC(=O)Nc1cc(Cl)ccc1F. The highest BCUT2D eigenvalue weighted by atomic mass is 35.5. The lowest BCUT2D eigenvalue weighted by Gasteiger charge is -2.12. The summed E-state index contributed by atoms with van der Waals surface area (Å²) in [5, 5.41) is 5.78. The van der Waals surface area contributed by atoms with Gasteiger partial charge in [0.05, 0.1) is 24.5 Å². The summed E-state index contributed by atoms with van der Waals surface area (Å²) in [7, 11) is 0. The van der Waals surface area contributed by atoms with Crippen molar-refractivity contribution in [2.45, 2.75) is 6.92 Å². The molecule has 0 heterocycles. The quantitative estimate of drug-likeness (QED) is 0.847. The number of ether oxygens (including phenoxy) is 1. The van der Waals surface area contributed by atoms with Gasteiger partial charge < -0.3 is 15.4 Å². The van der Waals surface area contributed by atoms with Crippen LogP contribution in [0.3, 0.4) is 0 Å². The molecular weight excluding hydrogens is 307 g/mol. The van der Waals surface area contributed by atoms with Gasteiger partial charge >= 0.3 is 0 Å². The third-order valence-corrected chi connectivity index (χ3v) is 3.06. The van der Waals surface area contributed by atoms with Crippen LogP contribution in [0.15, 0.2) is 42.5 Å². The van der Waals surface area contributed by atoms with E-state index in [1.807, 2.05) is 19.1 Å². The number of amides is 1. The van der Waals surface area contributed by atoms with E-state index in [9.17, 15) is 9.18 Å². The lowest BCUT2D eigenvalue weighted by atomic mass is 10.3. The first-order chi connectivity index (χ1) is 10.6. The zero-order valence-corrected chi connectivity index (χ0v) is 12.8. The molecule has 2 rings (SSSR count). The molecule has 2 aromatic carbocycles. The Bertz CT molecular complexity index is 664. The second-order valence-corrected chi connectivity index (χ2v) is 4.89. The predicted octanol–water partition coefficient (Wildman–Crippen LogP) is 3.93.